The lowest BCUT2D eigenvalue weighted by molar-refractivity contribution is -0.257. The molecule has 120 valence electrons. The number of benzene rings is 1. The smallest absolute Gasteiger partial charge is 0.195 e. The third kappa shape index (κ3) is 2.10. The number of hydrogen-bond donors (Lipinski definition) is 1. The lowest BCUT2D eigenvalue weighted by atomic mass is 9.74. The summed E-state index contributed by atoms with van der Waals surface area (Å²) in [7, 11) is 3.05. The van der Waals surface area contributed by atoms with Crippen LogP contribution in [0.3, 0.4) is 0 Å². The largest absolute Gasteiger partial charge is 0.496 e. The summed E-state index contributed by atoms with van der Waals surface area (Å²) in [5.41, 5.74) is -0.346. The predicted octanol–water partition coefficient (Wildman–Crippen LogP) is 1.33. The molecule has 0 spiro atoms. The number of carbonyl (C=O) groups is 1. The van der Waals surface area contributed by atoms with Gasteiger partial charge in [-0.05, 0) is 19.1 Å². The van der Waals surface area contributed by atoms with Crippen LogP contribution in [0.15, 0.2) is 12.1 Å². The van der Waals surface area contributed by atoms with Gasteiger partial charge < -0.3 is 24.1 Å². The van der Waals surface area contributed by atoms with Gasteiger partial charge in [-0.1, -0.05) is 0 Å². The molecule has 1 heterocycles. The molecule has 1 aliphatic carbocycles. The highest BCUT2D eigenvalue weighted by molar-refractivity contribution is 6.02. The van der Waals surface area contributed by atoms with E-state index in [1.807, 2.05) is 0 Å². The van der Waals surface area contributed by atoms with Crippen molar-refractivity contribution in [3.05, 3.63) is 23.3 Å². The average molecular weight is 308 g/mol. The van der Waals surface area contributed by atoms with Gasteiger partial charge in [0, 0.05) is 18.4 Å². The standard InChI is InChI=1S/C16H20O6/c1-15(21-6-7-22-15)16(18)8-10-12(19-2)4-5-13(20-3)14(10)11(17)9-16/h4-5,18H,6-9H2,1-3H3/t16-/m1/s1. The molecule has 1 aromatic rings. The summed E-state index contributed by atoms with van der Waals surface area (Å²) in [5, 5.41) is 11.1. The molecule has 1 aromatic carbocycles. The highest BCUT2D eigenvalue weighted by Gasteiger charge is 2.55. The maximum Gasteiger partial charge on any atom is 0.195 e. The summed E-state index contributed by atoms with van der Waals surface area (Å²) >= 11 is 0. The van der Waals surface area contributed by atoms with Crippen LogP contribution in [0.5, 0.6) is 11.5 Å². The molecule has 22 heavy (non-hydrogen) atoms. The van der Waals surface area contributed by atoms with Crippen molar-refractivity contribution >= 4 is 5.78 Å². The lowest BCUT2D eigenvalue weighted by Crippen LogP contribution is -2.57. The number of methoxy groups -OCH3 is 2. The van der Waals surface area contributed by atoms with Crippen LogP contribution in [-0.2, 0) is 15.9 Å². The minimum absolute atomic E-state index is 0.0833. The molecule has 1 fully saturated rings. The van der Waals surface area contributed by atoms with Crippen molar-refractivity contribution in [1.29, 1.82) is 0 Å². The summed E-state index contributed by atoms with van der Waals surface area (Å²) in [4.78, 5) is 12.6. The van der Waals surface area contributed by atoms with Crippen LogP contribution in [0.2, 0.25) is 0 Å². The van der Waals surface area contributed by atoms with E-state index in [1.165, 1.54) is 14.2 Å². The molecule has 1 aliphatic heterocycles. The van der Waals surface area contributed by atoms with Crippen molar-refractivity contribution in [1.82, 2.24) is 0 Å². The first-order valence-electron chi connectivity index (χ1n) is 7.21. The van der Waals surface area contributed by atoms with Gasteiger partial charge in [-0.25, -0.2) is 0 Å². The van der Waals surface area contributed by atoms with Gasteiger partial charge in [0.15, 0.2) is 11.6 Å². The number of Topliss-reactive ketones (excluding diaryl/α,β-unsaturated/α-hetero) is 1. The second-order valence-electron chi connectivity index (χ2n) is 5.77. The normalized spacial score (nSPS) is 26.6. The molecule has 6 heteroatoms. The van der Waals surface area contributed by atoms with E-state index in [1.54, 1.807) is 19.1 Å². The first-order chi connectivity index (χ1) is 10.4. The number of aliphatic hydroxyl groups is 1. The number of carbonyl (C=O) groups excluding carboxylic acids is 1. The molecule has 0 saturated carbocycles. The van der Waals surface area contributed by atoms with E-state index >= 15 is 0 Å². The summed E-state index contributed by atoms with van der Waals surface area (Å²) in [6.07, 6.45) is 0.116. The Morgan fingerprint density at radius 1 is 1.09 bits per heavy atom. The van der Waals surface area contributed by atoms with E-state index in [2.05, 4.69) is 0 Å². The van der Waals surface area contributed by atoms with Crippen molar-refractivity contribution in [2.24, 2.45) is 0 Å². The third-order valence-corrected chi connectivity index (χ3v) is 4.56. The van der Waals surface area contributed by atoms with E-state index in [-0.39, 0.29) is 18.6 Å². The Bertz CT molecular complexity index is 605. The monoisotopic (exact) mass is 308 g/mol. The molecule has 2 aliphatic rings. The fraction of sp³-hybridized carbons (Fsp3) is 0.562. The Morgan fingerprint density at radius 3 is 2.27 bits per heavy atom. The van der Waals surface area contributed by atoms with Crippen molar-refractivity contribution in [2.75, 3.05) is 27.4 Å². The maximum atomic E-state index is 12.6. The van der Waals surface area contributed by atoms with Gasteiger partial charge in [0.05, 0.1) is 33.0 Å². The van der Waals surface area contributed by atoms with Gasteiger partial charge >= 0.3 is 0 Å². The van der Waals surface area contributed by atoms with Crippen LogP contribution < -0.4 is 9.47 Å². The topological polar surface area (TPSA) is 74.2 Å². The maximum absolute atomic E-state index is 12.6. The molecule has 0 bridgehead atoms. The van der Waals surface area contributed by atoms with Crippen LogP contribution in [0.25, 0.3) is 0 Å². The molecule has 1 saturated heterocycles. The van der Waals surface area contributed by atoms with E-state index in [0.717, 1.165) is 0 Å². The van der Waals surface area contributed by atoms with Gasteiger partial charge in [0.25, 0.3) is 0 Å². The molecule has 0 amide bonds. The summed E-state index contributed by atoms with van der Waals surface area (Å²) in [6, 6.07) is 3.43. The van der Waals surface area contributed by atoms with Crippen LogP contribution in [0.4, 0.5) is 0 Å². The fourth-order valence-electron chi connectivity index (χ4n) is 3.26. The summed E-state index contributed by atoms with van der Waals surface area (Å²) in [5.74, 6) is -0.376. The minimum Gasteiger partial charge on any atom is -0.496 e. The first-order valence-corrected chi connectivity index (χ1v) is 7.21. The zero-order valence-corrected chi connectivity index (χ0v) is 13.0. The Labute approximate surface area is 128 Å². The van der Waals surface area contributed by atoms with E-state index in [0.29, 0.717) is 35.8 Å². The molecule has 1 atom stereocenters. The number of ether oxygens (including phenoxy) is 4. The highest BCUT2D eigenvalue weighted by Crippen LogP contribution is 2.45. The van der Waals surface area contributed by atoms with Crippen molar-refractivity contribution < 1.29 is 28.8 Å². The van der Waals surface area contributed by atoms with Crippen molar-refractivity contribution in [3.8, 4) is 11.5 Å². The molecule has 6 nitrogen and oxygen atoms in total. The lowest BCUT2D eigenvalue weighted by Gasteiger charge is -2.43. The van der Waals surface area contributed by atoms with Gasteiger partial charge in [-0.3, -0.25) is 4.79 Å². The number of hydrogen-bond acceptors (Lipinski definition) is 6. The SMILES string of the molecule is COc1ccc(OC)c2c1C[C@](O)(C1(C)OCCO1)CC2=O. The van der Waals surface area contributed by atoms with E-state index in [4.69, 9.17) is 18.9 Å². The molecule has 0 aromatic heterocycles. The Morgan fingerprint density at radius 2 is 1.68 bits per heavy atom. The van der Waals surface area contributed by atoms with Gasteiger partial charge in [-0.15, -0.1) is 0 Å². The van der Waals surface area contributed by atoms with Crippen LogP contribution in [0, 0.1) is 0 Å². The van der Waals surface area contributed by atoms with E-state index < -0.39 is 11.4 Å². The Hall–Kier alpha value is -1.63. The van der Waals surface area contributed by atoms with Crippen molar-refractivity contribution in [2.45, 2.75) is 31.2 Å². The molecular weight excluding hydrogens is 288 g/mol. The van der Waals surface area contributed by atoms with Gasteiger partial charge in [0.1, 0.15) is 17.1 Å². The summed E-state index contributed by atoms with van der Waals surface area (Å²) < 4.78 is 21.8. The molecular formula is C16H20O6. The molecule has 1 N–H and O–H groups in total. The highest BCUT2D eigenvalue weighted by atomic mass is 16.7. The average Bonchev–Trinajstić information content (AvgIpc) is 2.94. The van der Waals surface area contributed by atoms with Gasteiger partial charge in [-0.2, -0.15) is 0 Å². The third-order valence-electron chi connectivity index (χ3n) is 4.56. The Balaban J connectivity index is 2.10. The minimum atomic E-state index is -1.44. The fourth-order valence-corrected chi connectivity index (χ4v) is 3.26. The van der Waals surface area contributed by atoms with Gasteiger partial charge in [0.2, 0.25) is 0 Å². The molecule has 0 radical (unpaired) electrons. The van der Waals surface area contributed by atoms with Crippen LogP contribution in [0.1, 0.15) is 29.3 Å². The molecule has 0 unspecified atom stereocenters. The second kappa shape index (κ2) is 5.22. The van der Waals surface area contributed by atoms with Crippen LogP contribution >= 0.6 is 0 Å². The van der Waals surface area contributed by atoms with Crippen LogP contribution in [-0.4, -0.2) is 49.7 Å². The number of ketones is 1. The van der Waals surface area contributed by atoms with Crippen molar-refractivity contribution in [3.63, 3.8) is 0 Å². The summed E-state index contributed by atoms with van der Waals surface area (Å²) in [6.45, 7) is 2.47. The molecule has 3 rings (SSSR count). The second-order valence-corrected chi connectivity index (χ2v) is 5.77. The zero-order valence-electron chi connectivity index (χ0n) is 13.0. The zero-order chi connectivity index (χ0) is 16.0. The van der Waals surface area contributed by atoms with E-state index in [9.17, 15) is 9.90 Å². The quantitative estimate of drug-likeness (QED) is 0.908. The number of fused-ring (bicyclic) bond motifs is 1. The first kappa shape index (κ1) is 15.3. The number of rotatable bonds is 3. The Kier molecular flexibility index (Phi) is 3.63. The predicted molar refractivity (Wildman–Crippen MR) is 77.5 cm³/mol.